The van der Waals surface area contributed by atoms with Crippen LogP contribution >= 0.6 is 0 Å². The van der Waals surface area contributed by atoms with Gasteiger partial charge in [0.05, 0.1) is 17.1 Å². The van der Waals surface area contributed by atoms with Gasteiger partial charge in [-0.1, -0.05) is 114 Å². The van der Waals surface area contributed by atoms with E-state index >= 15 is 0 Å². The molecule has 0 saturated heterocycles. The van der Waals surface area contributed by atoms with Crippen LogP contribution in [-0.2, 0) is 10.8 Å². The molecule has 210 valence electrons. The number of benzene rings is 4. The third kappa shape index (κ3) is 5.58. The monoisotopic (exact) mass is 551 g/mol. The van der Waals surface area contributed by atoms with Crippen molar-refractivity contribution in [3.05, 3.63) is 126 Å². The molecule has 0 N–H and O–H groups in total. The maximum Gasteiger partial charge on any atom is 0.227 e. The summed E-state index contributed by atoms with van der Waals surface area (Å²) in [6.45, 7) is 13.4. The summed E-state index contributed by atoms with van der Waals surface area (Å²) in [5.41, 5.74) is 10.2. The van der Waals surface area contributed by atoms with Crippen LogP contribution in [0.4, 0.5) is 0 Å². The molecule has 0 radical (unpaired) electrons. The Hall–Kier alpha value is -4.70. The second kappa shape index (κ2) is 10.6. The van der Waals surface area contributed by atoms with Crippen molar-refractivity contribution in [1.29, 1.82) is 0 Å². The van der Waals surface area contributed by atoms with Crippen LogP contribution < -0.4 is 0 Å². The van der Waals surface area contributed by atoms with E-state index in [1.54, 1.807) is 0 Å². The fourth-order valence-corrected chi connectivity index (χ4v) is 5.13. The summed E-state index contributed by atoms with van der Waals surface area (Å²) in [4.78, 5) is 4.96. The lowest BCUT2D eigenvalue weighted by molar-refractivity contribution is 0.552. The van der Waals surface area contributed by atoms with Crippen molar-refractivity contribution in [2.45, 2.75) is 52.4 Å². The van der Waals surface area contributed by atoms with Crippen LogP contribution in [0.5, 0.6) is 0 Å². The SMILES string of the molecule is CC(C)(C)c1cc(C(C)(C)C)c2oc(-c3ccc(-n4nc(C=Cc5ccccc5)cc4-c4ccccc4)cc3)nc2c1. The molecule has 6 rings (SSSR count). The Bertz CT molecular complexity index is 1860. The highest BCUT2D eigenvalue weighted by molar-refractivity contribution is 5.82. The van der Waals surface area contributed by atoms with Crippen LogP contribution in [0.3, 0.4) is 0 Å². The first kappa shape index (κ1) is 27.5. The van der Waals surface area contributed by atoms with E-state index in [-0.39, 0.29) is 10.8 Å². The highest BCUT2D eigenvalue weighted by Gasteiger charge is 2.25. The van der Waals surface area contributed by atoms with Crippen LogP contribution in [0, 0.1) is 0 Å². The van der Waals surface area contributed by atoms with Gasteiger partial charge in [0.2, 0.25) is 5.89 Å². The van der Waals surface area contributed by atoms with E-state index in [2.05, 4.69) is 133 Å². The van der Waals surface area contributed by atoms with Gasteiger partial charge >= 0.3 is 0 Å². The van der Waals surface area contributed by atoms with Crippen molar-refractivity contribution in [1.82, 2.24) is 14.8 Å². The predicted molar refractivity (Wildman–Crippen MR) is 175 cm³/mol. The number of oxazole rings is 1. The standard InChI is InChI=1S/C38H37N3O/c1-37(2,3)29-23-32(38(4,5)6)35-33(24-29)39-36(42-35)28-18-21-31(22-19-28)41-34(27-15-11-8-12-16-27)25-30(40-41)20-17-26-13-9-7-10-14-26/h7-25H,1-6H3. The molecule has 42 heavy (non-hydrogen) atoms. The van der Waals surface area contributed by atoms with Gasteiger partial charge in [0.15, 0.2) is 5.58 Å². The van der Waals surface area contributed by atoms with Crippen molar-refractivity contribution >= 4 is 23.3 Å². The zero-order valence-electron chi connectivity index (χ0n) is 25.2. The number of rotatable bonds is 5. The summed E-state index contributed by atoms with van der Waals surface area (Å²) in [5.74, 6) is 0.628. The summed E-state index contributed by atoms with van der Waals surface area (Å²) in [7, 11) is 0. The number of fused-ring (bicyclic) bond motifs is 1. The van der Waals surface area contributed by atoms with E-state index in [0.29, 0.717) is 5.89 Å². The van der Waals surface area contributed by atoms with Gasteiger partial charge in [-0.2, -0.15) is 5.10 Å². The van der Waals surface area contributed by atoms with Gasteiger partial charge < -0.3 is 4.42 Å². The van der Waals surface area contributed by atoms with Crippen molar-refractivity contribution in [3.63, 3.8) is 0 Å². The van der Waals surface area contributed by atoms with E-state index in [4.69, 9.17) is 14.5 Å². The zero-order valence-corrected chi connectivity index (χ0v) is 25.2. The molecule has 2 aromatic heterocycles. The first-order valence-electron chi connectivity index (χ1n) is 14.5. The van der Waals surface area contributed by atoms with Crippen molar-refractivity contribution in [3.8, 4) is 28.4 Å². The predicted octanol–water partition coefficient (Wildman–Crippen LogP) is 10.1. The van der Waals surface area contributed by atoms with Crippen LogP contribution in [0.1, 0.15) is 63.9 Å². The van der Waals surface area contributed by atoms with Gasteiger partial charge in [0.1, 0.15) is 5.52 Å². The lowest BCUT2D eigenvalue weighted by Crippen LogP contribution is -2.16. The Balaban J connectivity index is 1.39. The number of aromatic nitrogens is 3. The van der Waals surface area contributed by atoms with E-state index < -0.39 is 0 Å². The molecule has 0 saturated carbocycles. The molecule has 0 aliphatic rings. The van der Waals surface area contributed by atoms with Crippen molar-refractivity contribution in [2.24, 2.45) is 0 Å². The zero-order chi connectivity index (χ0) is 29.5. The number of hydrogen-bond acceptors (Lipinski definition) is 3. The Morgan fingerprint density at radius 3 is 1.98 bits per heavy atom. The van der Waals surface area contributed by atoms with Crippen LogP contribution in [0.15, 0.2) is 108 Å². The first-order valence-corrected chi connectivity index (χ1v) is 14.5. The fourth-order valence-electron chi connectivity index (χ4n) is 5.13. The largest absolute Gasteiger partial charge is 0.436 e. The quantitative estimate of drug-likeness (QED) is 0.214. The number of nitrogens with zero attached hydrogens (tertiary/aromatic N) is 3. The highest BCUT2D eigenvalue weighted by Crippen LogP contribution is 2.37. The molecule has 0 aliphatic heterocycles. The molecule has 6 aromatic rings. The van der Waals surface area contributed by atoms with Gasteiger partial charge in [-0.25, -0.2) is 9.67 Å². The summed E-state index contributed by atoms with van der Waals surface area (Å²) >= 11 is 0. The molecule has 0 spiro atoms. The van der Waals surface area contributed by atoms with Gasteiger partial charge in [0, 0.05) is 16.7 Å². The van der Waals surface area contributed by atoms with Crippen LogP contribution in [0.2, 0.25) is 0 Å². The molecule has 0 amide bonds. The smallest absolute Gasteiger partial charge is 0.227 e. The lowest BCUT2D eigenvalue weighted by atomic mass is 9.80. The average molecular weight is 552 g/mol. The molecule has 0 fully saturated rings. The minimum absolute atomic E-state index is 0.0182. The normalized spacial score (nSPS) is 12.4. The second-order valence-corrected chi connectivity index (χ2v) is 12.9. The van der Waals surface area contributed by atoms with Gasteiger partial charge in [-0.3, -0.25) is 0 Å². The molecule has 0 aliphatic carbocycles. The molecule has 0 unspecified atom stereocenters. The Labute approximate surface area is 248 Å². The molecular formula is C38H37N3O. The highest BCUT2D eigenvalue weighted by atomic mass is 16.3. The summed E-state index contributed by atoms with van der Waals surface area (Å²) in [5, 5.41) is 4.97. The third-order valence-electron chi connectivity index (χ3n) is 7.57. The van der Waals surface area contributed by atoms with Crippen molar-refractivity contribution in [2.75, 3.05) is 0 Å². The third-order valence-corrected chi connectivity index (χ3v) is 7.57. The molecule has 0 bridgehead atoms. The average Bonchev–Trinajstić information content (AvgIpc) is 3.60. The van der Waals surface area contributed by atoms with Gasteiger partial charge in [-0.15, -0.1) is 0 Å². The first-order chi connectivity index (χ1) is 20.1. The van der Waals surface area contributed by atoms with E-state index in [1.807, 2.05) is 28.9 Å². The Kier molecular flexibility index (Phi) is 6.94. The molecule has 4 nitrogen and oxygen atoms in total. The van der Waals surface area contributed by atoms with Crippen molar-refractivity contribution < 1.29 is 4.42 Å². The lowest BCUT2D eigenvalue weighted by Gasteiger charge is -2.24. The maximum absolute atomic E-state index is 6.45. The molecular weight excluding hydrogens is 514 g/mol. The van der Waals surface area contributed by atoms with Crippen LogP contribution in [-0.4, -0.2) is 14.8 Å². The van der Waals surface area contributed by atoms with E-state index in [9.17, 15) is 0 Å². The maximum atomic E-state index is 6.45. The van der Waals surface area contributed by atoms with Gasteiger partial charge in [-0.05, 0) is 64.4 Å². The minimum Gasteiger partial charge on any atom is -0.436 e. The number of hydrogen-bond donors (Lipinski definition) is 0. The second-order valence-electron chi connectivity index (χ2n) is 12.9. The molecule has 2 heterocycles. The van der Waals surface area contributed by atoms with Crippen LogP contribution in [0.25, 0.3) is 51.7 Å². The van der Waals surface area contributed by atoms with E-state index in [1.165, 1.54) is 11.1 Å². The fraction of sp³-hybridized carbons (Fsp3) is 0.211. The van der Waals surface area contributed by atoms with Gasteiger partial charge in [0.25, 0.3) is 0 Å². The Morgan fingerprint density at radius 2 is 1.33 bits per heavy atom. The molecule has 4 heteroatoms. The molecule has 0 atom stereocenters. The topological polar surface area (TPSA) is 43.9 Å². The van der Waals surface area contributed by atoms with E-state index in [0.717, 1.165) is 44.9 Å². The summed E-state index contributed by atoms with van der Waals surface area (Å²) in [6.07, 6.45) is 4.15. The summed E-state index contributed by atoms with van der Waals surface area (Å²) in [6, 6.07) is 35.5. The minimum atomic E-state index is -0.0687. The Morgan fingerprint density at radius 1 is 0.667 bits per heavy atom. The molecule has 4 aromatic carbocycles. The summed E-state index contributed by atoms with van der Waals surface area (Å²) < 4.78 is 8.46.